The summed E-state index contributed by atoms with van der Waals surface area (Å²) < 4.78 is 4.56. The lowest BCUT2D eigenvalue weighted by atomic mass is 9.98. The smallest absolute Gasteiger partial charge is 0.162 e. The van der Waals surface area contributed by atoms with E-state index in [2.05, 4.69) is 203 Å². The number of fused-ring (bicyclic) bond motifs is 6. The summed E-state index contributed by atoms with van der Waals surface area (Å²) >= 11 is 0. The van der Waals surface area contributed by atoms with Crippen LogP contribution in [0.25, 0.3) is 123 Å². The van der Waals surface area contributed by atoms with Gasteiger partial charge in [-0.25, -0.2) is 19.9 Å². The molecular weight excluding hydrogens is 829 g/mol. The first-order chi connectivity index (χ1) is 33.7. The predicted molar refractivity (Wildman–Crippen MR) is 279 cm³/mol. The van der Waals surface area contributed by atoms with Crippen LogP contribution in [0.15, 0.2) is 243 Å². The Kier molecular flexibility index (Phi) is 9.39. The number of benzene rings is 9. The van der Waals surface area contributed by atoms with Gasteiger partial charge in [-0.05, 0) is 58.7 Å². The Hall–Kier alpha value is -9.26. The summed E-state index contributed by atoms with van der Waals surface area (Å²) in [7, 11) is 0. The molecule has 0 unspecified atom stereocenters. The molecule has 0 bridgehead atoms. The maximum absolute atomic E-state index is 5.22. The van der Waals surface area contributed by atoms with Gasteiger partial charge in [-0.2, -0.15) is 0 Å². The van der Waals surface area contributed by atoms with Gasteiger partial charge in [-0.15, -0.1) is 0 Å². The van der Waals surface area contributed by atoms with Crippen molar-refractivity contribution in [3.63, 3.8) is 0 Å². The van der Waals surface area contributed by atoms with E-state index in [1.165, 1.54) is 21.5 Å². The van der Waals surface area contributed by atoms with Crippen molar-refractivity contribution in [2.24, 2.45) is 0 Å². The molecule has 318 valence electrons. The molecule has 13 aromatic rings. The van der Waals surface area contributed by atoms with Gasteiger partial charge in [-0.1, -0.05) is 194 Å². The number of nitrogens with zero attached hydrogens (tertiary/aromatic N) is 6. The molecule has 0 saturated heterocycles. The Balaban J connectivity index is 0.884. The van der Waals surface area contributed by atoms with Gasteiger partial charge in [-0.3, -0.25) is 9.13 Å². The van der Waals surface area contributed by atoms with Gasteiger partial charge >= 0.3 is 0 Å². The van der Waals surface area contributed by atoms with E-state index in [0.29, 0.717) is 11.6 Å². The average molecular weight is 869 g/mol. The van der Waals surface area contributed by atoms with Crippen molar-refractivity contribution in [2.45, 2.75) is 0 Å². The second kappa shape index (κ2) is 16.3. The molecule has 0 aliphatic carbocycles. The molecule has 13 rings (SSSR count). The van der Waals surface area contributed by atoms with Gasteiger partial charge < -0.3 is 0 Å². The lowest BCUT2D eigenvalue weighted by molar-refractivity contribution is 1.05. The average Bonchev–Trinajstić information content (AvgIpc) is 3.94. The maximum atomic E-state index is 5.22. The van der Waals surface area contributed by atoms with Gasteiger partial charge in [0.15, 0.2) is 11.6 Å². The third kappa shape index (κ3) is 6.82. The van der Waals surface area contributed by atoms with Gasteiger partial charge in [0, 0.05) is 55.9 Å². The molecule has 0 fully saturated rings. The van der Waals surface area contributed by atoms with Gasteiger partial charge in [0.2, 0.25) is 0 Å². The molecule has 0 spiro atoms. The summed E-state index contributed by atoms with van der Waals surface area (Å²) in [6.07, 6.45) is 0. The molecule has 4 aromatic heterocycles. The van der Waals surface area contributed by atoms with Crippen molar-refractivity contribution in [3.8, 4) is 79.2 Å². The highest BCUT2D eigenvalue weighted by molar-refractivity contribution is 6.11. The summed E-state index contributed by atoms with van der Waals surface area (Å²) in [4.78, 5) is 20.6. The van der Waals surface area contributed by atoms with Crippen LogP contribution in [0, 0.1) is 0 Å². The van der Waals surface area contributed by atoms with E-state index in [9.17, 15) is 0 Å². The Morgan fingerprint density at radius 3 is 0.941 bits per heavy atom. The van der Waals surface area contributed by atoms with Crippen molar-refractivity contribution in [3.05, 3.63) is 243 Å². The van der Waals surface area contributed by atoms with E-state index in [-0.39, 0.29) is 0 Å². The summed E-state index contributed by atoms with van der Waals surface area (Å²) in [5.41, 5.74) is 14.8. The minimum absolute atomic E-state index is 0.690. The first-order valence-electron chi connectivity index (χ1n) is 22.9. The number of aromatic nitrogens is 6. The Morgan fingerprint density at radius 2 is 0.544 bits per heavy atom. The van der Waals surface area contributed by atoms with Crippen LogP contribution in [0.4, 0.5) is 0 Å². The van der Waals surface area contributed by atoms with Gasteiger partial charge in [0.05, 0.1) is 33.5 Å². The van der Waals surface area contributed by atoms with E-state index in [1.807, 2.05) is 48.5 Å². The molecule has 6 nitrogen and oxygen atoms in total. The third-order valence-electron chi connectivity index (χ3n) is 13.0. The van der Waals surface area contributed by atoms with Crippen LogP contribution in [-0.2, 0) is 0 Å². The number of hydrogen-bond acceptors (Lipinski definition) is 4. The summed E-state index contributed by atoms with van der Waals surface area (Å²) in [6, 6.07) is 85.1. The van der Waals surface area contributed by atoms with Crippen LogP contribution < -0.4 is 0 Å². The van der Waals surface area contributed by atoms with Crippen molar-refractivity contribution < 1.29 is 0 Å². The molecule has 6 heteroatoms. The quantitative estimate of drug-likeness (QED) is 0.153. The lowest BCUT2D eigenvalue weighted by Gasteiger charge is -2.12. The highest BCUT2D eigenvalue weighted by atomic mass is 15.1. The lowest BCUT2D eigenvalue weighted by Crippen LogP contribution is -2.02. The normalized spacial score (nSPS) is 11.5. The molecule has 0 aliphatic rings. The molecule has 0 saturated carbocycles. The SMILES string of the molecule is c1ccc(-c2cc(-n3c4ccccc4c4cc(-c5ccc(-c6ccc7c(c6)c6ccccc6n7-c6cc(-c7ccccc7)nc(-c7ccccc7)n6)cc5)ccc43)nc(-c3ccccc3)n2)cc1. The fourth-order valence-corrected chi connectivity index (χ4v) is 9.70. The van der Waals surface area contributed by atoms with Crippen LogP contribution in [0.3, 0.4) is 0 Å². The maximum Gasteiger partial charge on any atom is 0.162 e. The van der Waals surface area contributed by atoms with E-state index in [4.69, 9.17) is 19.9 Å². The van der Waals surface area contributed by atoms with Crippen LogP contribution in [0.5, 0.6) is 0 Å². The minimum atomic E-state index is 0.690. The fraction of sp³-hybridized carbons (Fsp3) is 0. The van der Waals surface area contributed by atoms with Crippen LogP contribution >= 0.6 is 0 Å². The Morgan fingerprint density at radius 1 is 0.221 bits per heavy atom. The largest absolute Gasteiger partial charge is 0.294 e. The second-order valence-corrected chi connectivity index (χ2v) is 17.1. The molecule has 0 radical (unpaired) electrons. The second-order valence-electron chi connectivity index (χ2n) is 17.1. The topological polar surface area (TPSA) is 61.4 Å². The van der Waals surface area contributed by atoms with Crippen molar-refractivity contribution in [2.75, 3.05) is 0 Å². The summed E-state index contributed by atoms with van der Waals surface area (Å²) in [5.74, 6) is 3.03. The number of hydrogen-bond donors (Lipinski definition) is 0. The van der Waals surface area contributed by atoms with Crippen molar-refractivity contribution in [1.29, 1.82) is 0 Å². The van der Waals surface area contributed by atoms with Crippen LogP contribution in [-0.4, -0.2) is 29.1 Å². The summed E-state index contributed by atoms with van der Waals surface area (Å²) in [6.45, 7) is 0. The van der Waals surface area contributed by atoms with E-state index >= 15 is 0 Å². The first-order valence-corrected chi connectivity index (χ1v) is 22.9. The molecule has 0 atom stereocenters. The van der Waals surface area contributed by atoms with Crippen LogP contribution in [0.1, 0.15) is 0 Å². The third-order valence-corrected chi connectivity index (χ3v) is 13.0. The summed E-state index contributed by atoms with van der Waals surface area (Å²) in [5, 5.41) is 4.68. The molecule has 9 aromatic carbocycles. The van der Waals surface area contributed by atoms with Crippen molar-refractivity contribution >= 4 is 43.6 Å². The molecule has 0 amide bonds. The van der Waals surface area contributed by atoms with Gasteiger partial charge in [0.25, 0.3) is 0 Å². The Labute approximate surface area is 392 Å². The minimum Gasteiger partial charge on any atom is -0.294 e. The standard InChI is InChI=1S/C62H40N6/c1-5-17-43(18-6-1)53-39-59(65-61(63-53)45-21-9-3-10-22-45)67-55-27-15-13-25-49(55)51-37-47(33-35-57(51)67)41-29-31-42(32-30-41)48-34-36-58-52(38-48)50-26-14-16-28-56(50)68(58)60-40-54(44-19-7-2-8-20-44)64-62(66-60)46-23-11-4-12-24-46/h1-40H. The highest BCUT2D eigenvalue weighted by Gasteiger charge is 2.19. The van der Waals surface area contributed by atoms with Crippen molar-refractivity contribution in [1.82, 2.24) is 29.1 Å². The predicted octanol–water partition coefficient (Wildman–Crippen LogP) is 15.5. The zero-order chi connectivity index (χ0) is 45.0. The van der Waals surface area contributed by atoms with Crippen LogP contribution in [0.2, 0.25) is 0 Å². The monoisotopic (exact) mass is 868 g/mol. The van der Waals surface area contributed by atoms with E-state index < -0.39 is 0 Å². The zero-order valence-corrected chi connectivity index (χ0v) is 36.8. The molecule has 0 N–H and O–H groups in total. The number of rotatable bonds is 8. The fourth-order valence-electron chi connectivity index (χ4n) is 9.70. The van der Waals surface area contributed by atoms with Gasteiger partial charge in [0.1, 0.15) is 11.6 Å². The number of para-hydroxylation sites is 2. The first kappa shape index (κ1) is 39.1. The molecule has 0 aliphatic heterocycles. The van der Waals surface area contributed by atoms with E-state index in [0.717, 1.165) is 89.6 Å². The van der Waals surface area contributed by atoms with E-state index in [1.54, 1.807) is 0 Å². The molecular formula is C62H40N6. The Bertz CT molecular complexity index is 3610. The zero-order valence-electron chi connectivity index (χ0n) is 36.8. The molecule has 68 heavy (non-hydrogen) atoms. The highest BCUT2D eigenvalue weighted by Crippen LogP contribution is 2.39. The molecule has 4 heterocycles.